The van der Waals surface area contributed by atoms with Crippen molar-refractivity contribution in [2.24, 2.45) is 10.2 Å². The number of methoxy groups -OCH3 is 6. The number of hydrogen-bond donors (Lipinski definition) is 0. The van der Waals surface area contributed by atoms with Gasteiger partial charge in [-0.3, -0.25) is 0 Å². The molecule has 0 aromatic heterocycles. The third-order valence-corrected chi connectivity index (χ3v) is 3.85. The predicted octanol–water partition coefficient (Wildman–Crippen LogP) is 3.19. The molecular formula is C20H24N2O6. The van der Waals surface area contributed by atoms with Crippen LogP contribution in [0.4, 0.5) is 0 Å². The van der Waals surface area contributed by atoms with Gasteiger partial charge in [-0.15, -0.1) is 0 Å². The molecule has 2 aromatic rings. The summed E-state index contributed by atoms with van der Waals surface area (Å²) in [4.78, 5) is 0. The number of rotatable bonds is 9. The van der Waals surface area contributed by atoms with Crippen LogP contribution in [-0.4, -0.2) is 55.1 Å². The smallest absolute Gasteiger partial charge is 0.203 e. The van der Waals surface area contributed by atoms with E-state index in [9.17, 15) is 0 Å². The molecular weight excluding hydrogens is 364 g/mol. The van der Waals surface area contributed by atoms with E-state index < -0.39 is 0 Å². The molecule has 2 rings (SSSR count). The van der Waals surface area contributed by atoms with E-state index in [0.717, 1.165) is 11.1 Å². The van der Waals surface area contributed by atoms with Crippen LogP contribution in [0.5, 0.6) is 34.5 Å². The first-order chi connectivity index (χ1) is 13.6. The summed E-state index contributed by atoms with van der Waals surface area (Å²) < 4.78 is 31.9. The standard InChI is InChI=1S/C20H24N2O6/c1-23-15-7-13(8-16(24-2)19(15)27-5)11-21-22-12-14-9-17(25-3)20(28-6)18(10-14)26-4/h7-12H,1-6H3/b21-11+,22-12?. The highest BCUT2D eigenvalue weighted by atomic mass is 16.5. The minimum atomic E-state index is 0.517. The van der Waals surface area contributed by atoms with Gasteiger partial charge in [0.25, 0.3) is 0 Å². The van der Waals surface area contributed by atoms with Gasteiger partial charge in [-0.2, -0.15) is 10.2 Å². The van der Waals surface area contributed by atoms with Crippen LogP contribution >= 0.6 is 0 Å². The molecule has 0 aliphatic carbocycles. The molecule has 2 aromatic carbocycles. The van der Waals surface area contributed by atoms with Crippen LogP contribution in [0.1, 0.15) is 11.1 Å². The molecule has 0 bridgehead atoms. The topological polar surface area (TPSA) is 80.1 Å². The number of hydrogen-bond acceptors (Lipinski definition) is 8. The van der Waals surface area contributed by atoms with Gasteiger partial charge >= 0.3 is 0 Å². The van der Waals surface area contributed by atoms with Crippen molar-refractivity contribution in [3.8, 4) is 34.5 Å². The van der Waals surface area contributed by atoms with Crippen molar-refractivity contribution >= 4 is 12.4 Å². The maximum absolute atomic E-state index is 5.32. The molecule has 8 heteroatoms. The summed E-state index contributed by atoms with van der Waals surface area (Å²) in [5, 5.41) is 8.15. The van der Waals surface area contributed by atoms with Crippen LogP contribution in [0.3, 0.4) is 0 Å². The zero-order valence-corrected chi connectivity index (χ0v) is 16.8. The first-order valence-electron chi connectivity index (χ1n) is 8.28. The molecule has 0 spiro atoms. The van der Waals surface area contributed by atoms with Crippen molar-refractivity contribution in [1.29, 1.82) is 0 Å². The summed E-state index contributed by atoms with van der Waals surface area (Å²) in [6.07, 6.45) is 3.16. The Morgan fingerprint density at radius 3 is 1.00 bits per heavy atom. The average Bonchev–Trinajstić information content (AvgIpc) is 2.74. The van der Waals surface area contributed by atoms with Crippen molar-refractivity contribution in [3.63, 3.8) is 0 Å². The van der Waals surface area contributed by atoms with Crippen LogP contribution < -0.4 is 28.4 Å². The van der Waals surface area contributed by atoms with Gasteiger partial charge in [-0.25, -0.2) is 0 Å². The Morgan fingerprint density at radius 1 is 0.500 bits per heavy atom. The SMILES string of the molecule is COc1cc(C=N/N=C/c2cc(OC)c(OC)c(OC)c2)cc(OC)c1OC. The van der Waals surface area contributed by atoms with Crippen molar-refractivity contribution in [1.82, 2.24) is 0 Å². The minimum absolute atomic E-state index is 0.517. The number of nitrogens with zero attached hydrogens (tertiary/aromatic N) is 2. The zero-order valence-electron chi connectivity index (χ0n) is 16.8. The third-order valence-electron chi connectivity index (χ3n) is 3.85. The van der Waals surface area contributed by atoms with Gasteiger partial charge in [0.1, 0.15) is 0 Å². The Kier molecular flexibility index (Phi) is 7.50. The fourth-order valence-corrected chi connectivity index (χ4v) is 2.55. The van der Waals surface area contributed by atoms with Gasteiger partial charge in [0.2, 0.25) is 11.5 Å². The van der Waals surface area contributed by atoms with Crippen molar-refractivity contribution < 1.29 is 28.4 Å². The van der Waals surface area contributed by atoms with E-state index in [0.29, 0.717) is 34.5 Å². The number of ether oxygens (including phenoxy) is 6. The molecule has 0 fully saturated rings. The highest BCUT2D eigenvalue weighted by Gasteiger charge is 2.13. The highest BCUT2D eigenvalue weighted by Crippen LogP contribution is 2.38. The van der Waals surface area contributed by atoms with Crippen LogP contribution in [0.25, 0.3) is 0 Å². The normalized spacial score (nSPS) is 10.9. The lowest BCUT2D eigenvalue weighted by Gasteiger charge is -2.12. The molecule has 0 atom stereocenters. The molecule has 0 N–H and O–H groups in total. The van der Waals surface area contributed by atoms with E-state index in [1.165, 1.54) is 0 Å². The fraction of sp³-hybridized carbons (Fsp3) is 0.300. The summed E-state index contributed by atoms with van der Waals surface area (Å²) in [7, 11) is 9.33. The molecule has 0 unspecified atom stereocenters. The molecule has 8 nitrogen and oxygen atoms in total. The first-order valence-corrected chi connectivity index (χ1v) is 8.28. The summed E-state index contributed by atoms with van der Waals surface area (Å²) >= 11 is 0. The van der Waals surface area contributed by atoms with Gasteiger partial charge in [0.05, 0.1) is 55.1 Å². The Balaban J connectivity index is 2.26. The second-order valence-electron chi connectivity index (χ2n) is 5.41. The van der Waals surface area contributed by atoms with Gasteiger partial charge in [-0.05, 0) is 24.3 Å². The zero-order chi connectivity index (χ0) is 20.5. The maximum atomic E-state index is 5.32. The molecule has 150 valence electrons. The predicted molar refractivity (Wildman–Crippen MR) is 107 cm³/mol. The van der Waals surface area contributed by atoms with Crippen LogP contribution in [0.15, 0.2) is 34.5 Å². The Labute approximate surface area is 164 Å². The second-order valence-corrected chi connectivity index (χ2v) is 5.41. The first kappa shape index (κ1) is 20.9. The average molecular weight is 388 g/mol. The highest BCUT2D eigenvalue weighted by molar-refractivity contribution is 5.85. The Morgan fingerprint density at radius 2 is 0.786 bits per heavy atom. The van der Waals surface area contributed by atoms with Gasteiger partial charge in [-0.1, -0.05) is 0 Å². The van der Waals surface area contributed by atoms with Crippen molar-refractivity contribution in [2.45, 2.75) is 0 Å². The molecule has 0 saturated heterocycles. The maximum Gasteiger partial charge on any atom is 0.203 e. The quantitative estimate of drug-likeness (QED) is 0.485. The molecule has 0 amide bonds. The molecule has 28 heavy (non-hydrogen) atoms. The van der Waals surface area contributed by atoms with E-state index in [1.807, 2.05) is 0 Å². The van der Waals surface area contributed by atoms with Crippen LogP contribution in [0.2, 0.25) is 0 Å². The molecule has 0 aliphatic rings. The lowest BCUT2D eigenvalue weighted by molar-refractivity contribution is 0.324. The van der Waals surface area contributed by atoms with Gasteiger partial charge < -0.3 is 28.4 Å². The van der Waals surface area contributed by atoms with Crippen molar-refractivity contribution in [2.75, 3.05) is 42.7 Å². The lowest BCUT2D eigenvalue weighted by atomic mass is 10.2. The van der Waals surface area contributed by atoms with E-state index in [4.69, 9.17) is 28.4 Å². The summed E-state index contributed by atoms with van der Waals surface area (Å²) in [5.41, 5.74) is 1.49. The fourth-order valence-electron chi connectivity index (χ4n) is 2.55. The van der Waals surface area contributed by atoms with E-state index in [-0.39, 0.29) is 0 Å². The van der Waals surface area contributed by atoms with Crippen LogP contribution in [-0.2, 0) is 0 Å². The largest absolute Gasteiger partial charge is 0.493 e. The molecule has 0 saturated carbocycles. The van der Waals surface area contributed by atoms with E-state index in [2.05, 4.69) is 10.2 Å². The number of benzene rings is 2. The second kappa shape index (κ2) is 10.1. The summed E-state index contributed by atoms with van der Waals surface area (Å²) in [6.45, 7) is 0. The van der Waals surface area contributed by atoms with Gasteiger partial charge in [0.15, 0.2) is 23.0 Å². The van der Waals surface area contributed by atoms with Gasteiger partial charge in [0, 0.05) is 11.1 Å². The molecule has 0 aliphatic heterocycles. The summed E-state index contributed by atoms with van der Waals surface area (Å²) in [5.74, 6) is 3.19. The Hall–Kier alpha value is -3.42. The van der Waals surface area contributed by atoms with Crippen molar-refractivity contribution in [3.05, 3.63) is 35.4 Å². The minimum Gasteiger partial charge on any atom is -0.493 e. The summed E-state index contributed by atoms with van der Waals surface area (Å²) in [6, 6.07) is 7.11. The molecule has 0 heterocycles. The lowest BCUT2D eigenvalue weighted by Crippen LogP contribution is -1.97. The van der Waals surface area contributed by atoms with E-state index in [1.54, 1.807) is 79.4 Å². The third kappa shape index (κ3) is 4.64. The van der Waals surface area contributed by atoms with E-state index >= 15 is 0 Å². The van der Waals surface area contributed by atoms with Crippen LogP contribution in [0, 0.1) is 0 Å². The monoisotopic (exact) mass is 388 g/mol. The Bertz CT molecular complexity index is 742. The molecule has 0 radical (unpaired) electrons.